The van der Waals surface area contributed by atoms with Gasteiger partial charge in [0.1, 0.15) is 0 Å². The second-order valence-corrected chi connectivity index (χ2v) is 11.7. The molecular weight excluding hydrogens is 560 g/mol. The molecule has 0 spiro atoms. The molecule has 43 heavy (non-hydrogen) atoms. The Balaban J connectivity index is 1.13. The van der Waals surface area contributed by atoms with E-state index in [2.05, 4.69) is 25.0 Å². The van der Waals surface area contributed by atoms with Crippen molar-refractivity contribution >= 4 is 23.4 Å². The van der Waals surface area contributed by atoms with E-state index in [1.54, 1.807) is 18.2 Å². The molecule has 0 aliphatic carbocycles. The van der Waals surface area contributed by atoms with Gasteiger partial charge in [0, 0.05) is 56.7 Å². The standard InChI is InChI=1S/C30H33F2N7O4/c1-30(2)23-15-21(37-13-11-36(12-14-37)18-24(40)38-9-3-4-10-38)7-8-22(23)28(41)39(29(30)42)17-20-6-5-19(16-33-20)26-34-35-27(43-26)25(31)32/h5-8,15-16,25H,3-4,9-14,17-18H2,1-2H3. The summed E-state index contributed by atoms with van der Waals surface area (Å²) in [5, 5.41) is 6.93. The Morgan fingerprint density at radius 3 is 2.40 bits per heavy atom. The lowest BCUT2D eigenvalue weighted by molar-refractivity contribution is -0.135. The Hall–Kier alpha value is -4.26. The van der Waals surface area contributed by atoms with Gasteiger partial charge in [0.25, 0.3) is 11.8 Å². The minimum absolute atomic E-state index is 0.0488. The van der Waals surface area contributed by atoms with Gasteiger partial charge in [0.2, 0.25) is 17.7 Å². The fourth-order valence-corrected chi connectivity index (χ4v) is 5.93. The number of aromatic nitrogens is 3. The van der Waals surface area contributed by atoms with Gasteiger partial charge in [0.15, 0.2) is 0 Å². The number of likely N-dealkylation sites (tertiary alicyclic amines) is 1. The molecule has 3 aliphatic heterocycles. The number of anilines is 1. The molecule has 0 N–H and O–H groups in total. The van der Waals surface area contributed by atoms with Crippen LogP contribution in [0.15, 0.2) is 40.9 Å². The van der Waals surface area contributed by atoms with Crippen LogP contribution in [0, 0.1) is 0 Å². The van der Waals surface area contributed by atoms with Crippen molar-refractivity contribution < 1.29 is 27.6 Å². The Kier molecular flexibility index (Phi) is 7.67. The molecular formula is C30H33F2N7O4. The summed E-state index contributed by atoms with van der Waals surface area (Å²) in [5.74, 6) is -1.41. The molecule has 0 radical (unpaired) electrons. The predicted octanol–water partition coefficient (Wildman–Crippen LogP) is 3.27. The number of imide groups is 1. The number of carbonyl (C=O) groups is 3. The maximum Gasteiger partial charge on any atom is 0.314 e. The number of pyridine rings is 1. The summed E-state index contributed by atoms with van der Waals surface area (Å²) < 4.78 is 30.5. The molecule has 2 fully saturated rings. The minimum atomic E-state index is -2.88. The first-order valence-electron chi connectivity index (χ1n) is 14.4. The SMILES string of the molecule is CC1(C)C(=O)N(Cc2ccc(-c3nnc(C(F)F)o3)cn2)C(=O)c2ccc(N3CCN(CC(=O)N4CCCC4)CC3)cc21. The zero-order chi connectivity index (χ0) is 30.3. The summed E-state index contributed by atoms with van der Waals surface area (Å²) in [6.45, 7) is 8.74. The average Bonchev–Trinajstić information content (AvgIpc) is 3.73. The number of alkyl halides is 2. The molecule has 2 saturated heterocycles. The van der Waals surface area contributed by atoms with Gasteiger partial charge in [-0.15, -0.1) is 10.2 Å². The molecule has 2 aromatic heterocycles. The maximum atomic E-state index is 13.6. The molecule has 1 aromatic carbocycles. The number of amides is 3. The Bertz CT molecular complexity index is 1530. The Labute approximate surface area is 247 Å². The van der Waals surface area contributed by atoms with Crippen molar-refractivity contribution in [2.24, 2.45) is 0 Å². The highest BCUT2D eigenvalue weighted by atomic mass is 19.3. The van der Waals surface area contributed by atoms with Crippen molar-refractivity contribution in [3.8, 4) is 11.5 Å². The molecule has 0 saturated carbocycles. The highest BCUT2D eigenvalue weighted by Crippen LogP contribution is 2.37. The van der Waals surface area contributed by atoms with Crippen molar-refractivity contribution in [2.75, 3.05) is 50.7 Å². The van der Waals surface area contributed by atoms with Crippen LogP contribution in [0.5, 0.6) is 0 Å². The van der Waals surface area contributed by atoms with Crippen LogP contribution >= 0.6 is 0 Å². The van der Waals surface area contributed by atoms with Crippen LogP contribution in [-0.2, 0) is 21.5 Å². The van der Waals surface area contributed by atoms with Crippen LogP contribution in [0.2, 0.25) is 0 Å². The number of benzene rings is 1. The topological polar surface area (TPSA) is 116 Å². The van der Waals surface area contributed by atoms with Crippen LogP contribution < -0.4 is 4.90 Å². The average molecular weight is 594 g/mol. The van der Waals surface area contributed by atoms with E-state index in [-0.39, 0.29) is 24.2 Å². The minimum Gasteiger partial charge on any atom is -0.415 e. The molecule has 0 unspecified atom stereocenters. The lowest BCUT2D eigenvalue weighted by atomic mass is 9.77. The summed E-state index contributed by atoms with van der Waals surface area (Å²) in [7, 11) is 0. The normalized spacial score (nSPS) is 19.0. The van der Waals surface area contributed by atoms with Crippen LogP contribution in [0.4, 0.5) is 14.5 Å². The largest absolute Gasteiger partial charge is 0.415 e. The van der Waals surface area contributed by atoms with Crippen molar-refractivity contribution in [3.05, 3.63) is 59.2 Å². The predicted molar refractivity (Wildman–Crippen MR) is 151 cm³/mol. The number of carbonyl (C=O) groups excluding carboxylic acids is 3. The van der Waals surface area contributed by atoms with E-state index in [4.69, 9.17) is 4.42 Å². The van der Waals surface area contributed by atoms with Crippen LogP contribution in [0.1, 0.15) is 60.6 Å². The molecule has 3 amide bonds. The second kappa shape index (κ2) is 11.4. The lowest BCUT2D eigenvalue weighted by Crippen LogP contribution is -2.52. The summed E-state index contributed by atoms with van der Waals surface area (Å²) >= 11 is 0. The third-order valence-corrected chi connectivity index (χ3v) is 8.51. The highest BCUT2D eigenvalue weighted by Gasteiger charge is 2.45. The third-order valence-electron chi connectivity index (χ3n) is 8.51. The van der Waals surface area contributed by atoms with Gasteiger partial charge in [0.05, 0.1) is 29.8 Å². The van der Waals surface area contributed by atoms with E-state index in [1.165, 1.54) is 11.1 Å². The first-order valence-corrected chi connectivity index (χ1v) is 14.4. The molecule has 11 nitrogen and oxygen atoms in total. The van der Waals surface area contributed by atoms with E-state index in [9.17, 15) is 23.2 Å². The molecule has 5 heterocycles. The smallest absolute Gasteiger partial charge is 0.314 e. The van der Waals surface area contributed by atoms with E-state index >= 15 is 0 Å². The van der Waals surface area contributed by atoms with Crippen molar-refractivity contribution in [3.63, 3.8) is 0 Å². The Morgan fingerprint density at radius 2 is 1.74 bits per heavy atom. The first kappa shape index (κ1) is 28.8. The first-order chi connectivity index (χ1) is 20.6. The molecule has 13 heteroatoms. The van der Waals surface area contributed by atoms with Crippen LogP contribution in [-0.4, -0.2) is 93.4 Å². The van der Waals surface area contributed by atoms with Gasteiger partial charge in [-0.05, 0) is 62.6 Å². The molecule has 0 atom stereocenters. The molecule has 0 bridgehead atoms. The number of fused-ring (bicyclic) bond motifs is 1. The zero-order valence-electron chi connectivity index (χ0n) is 24.1. The van der Waals surface area contributed by atoms with Crippen molar-refractivity contribution in [1.29, 1.82) is 0 Å². The molecule has 226 valence electrons. The third kappa shape index (κ3) is 5.61. The summed E-state index contributed by atoms with van der Waals surface area (Å²) in [6.07, 6.45) is 0.665. The summed E-state index contributed by atoms with van der Waals surface area (Å²) in [6, 6.07) is 8.79. The number of nitrogens with zero attached hydrogens (tertiary/aromatic N) is 7. The maximum absolute atomic E-state index is 13.6. The number of hydrogen-bond donors (Lipinski definition) is 0. The van der Waals surface area contributed by atoms with Gasteiger partial charge in [-0.1, -0.05) is 0 Å². The van der Waals surface area contributed by atoms with Gasteiger partial charge < -0.3 is 14.2 Å². The highest BCUT2D eigenvalue weighted by molar-refractivity contribution is 6.13. The van der Waals surface area contributed by atoms with Gasteiger partial charge in [-0.2, -0.15) is 8.78 Å². The second-order valence-electron chi connectivity index (χ2n) is 11.7. The van der Waals surface area contributed by atoms with E-state index in [0.717, 1.165) is 57.8 Å². The van der Waals surface area contributed by atoms with Crippen LogP contribution in [0.3, 0.4) is 0 Å². The van der Waals surface area contributed by atoms with Gasteiger partial charge >= 0.3 is 6.43 Å². The number of rotatable bonds is 7. The van der Waals surface area contributed by atoms with E-state index in [0.29, 0.717) is 28.9 Å². The summed E-state index contributed by atoms with van der Waals surface area (Å²) in [5.41, 5.74) is 1.91. The zero-order valence-corrected chi connectivity index (χ0v) is 24.1. The van der Waals surface area contributed by atoms with Crippen molar-refractivity contribution in [1.82, 2.24) is 29.9 Å². The van der Waals surface area contributed by atoms with Gasteiger partial charge in [-0.3, -0.25) is 29.2 Å². The van der Waals surface area contributed by atoms with Gasteiger partial charge in [-0.25, -0.2) is 0 Å². The lowest BCUT2D eigenvalue weighted by Gasteiger charge is -2.39. The van der Waals surface area contributed by atoms with Crippen LogP contribution in [0.25, 0.3) is 11.5 Å². The molecule has 6 rings (SSSR count). The fraction of sp³-hybridized carbons (Fsp3) is 0.467. The number of piperazine rings is 1. The molecule has 3 aliphatic rings. The molecule has 3 aromatic rings. The number of halogens is 2. The number of hydrogen-bond acceptors (Lipinski definition) is 9. The quantitative estimate of drug-likeness (QED) is 0.381. The monoisotopic (exact) mass is 593 g/mol. The van der Waals surface area contributed by atoms with E-state index < -0.39 is 23.6 Å². The van der Waals surface area contributed by atoms with Crippen molar-refractivity contribution in [2.45, 2.75) is 45.1 Å². The van der Waals surface area contributed by atoms with E-state index in [1.807, 2.05) is 30.9 Å². The summed E-state index contributed by atoms with van der Waals surface area (Å²) in [4.78, 5) is 51.6. The fourth-order valence-electron chi connectivity index (χ4n) is 5.93. The Morgan fingerprint density at radius 1 is 1.00 bits per heavy atom.